The summed E-state index contributed by atoms with van der Waals surface area (Å²) in [4.78, 5) is 10.5. The molecule has 106 valence electrons. The van der Waals surface area contributed by atoms with Gasteiger partial charge < -0.3 is 4.74 Å². The largest absolute Gasteiger partial charge is 0.457 e. The number of ether oxygens (including phenoxy) is 1. The van der Waals surface area contributed by atoms with Crippen LogP contribution in [0.1, 0.15) is 72.6 Å². The van der Waals surface area contributed by atoms with E-state index in [1.807, 2.05) is 20.8 Å². The monoisotopic (exact) mass is 254 g/mol. The van der Waals surface area contributed by atoms with E-state index in [0.717, 1.165) is 12.0 Å². The van der Waals surface area contributed by atoms with Gasteiger partial charge in [-0.25, -0.2) is 4.79 Å². The van der Waals surface area contributed by atoms with E-state index in [2.05, 4.69) is 13.5 Å². The van der Waals surface area contributed by atoms with Gasteiger partial charge in [-0.3, -0.25) is 0 Å². The van der Waals surface area contributed by atoms with Crippen LogP contribution in [0.2, 0.25) is 0 Å². The minimum atomic E-state index is -0.398. The van der Waals surface area contributed by atoms with Gasteiger partial charge in [-0.15, -0.1) is 0 Å². The van der Waals surface area contributed by atoms with Crippen molar-refractivity contribution >= 4 is 5.97 Å². The topological polar surface area (TPSA) is 26.3 Å². The van der Waals surface area contributed by atoms with Gasteiger partial charge in [-0.2, -0.15) is 0 Å². The van der Waals surface area contributed by atoms with Gasteiger partial charge in [-0.05, 0) is 26.7 Å². The molecule has 0 amide bonds. The Balaban J connectivity index is 0.000000321. The molecule has 1 rings (SSSR count). The summed E-state index contributed by atoms with van der Waals surface area (Å²) in [6, 6.07) is 0. The average molecular weight is 254 g/mol. The Bertz CT molecular complexity index is 230. The number of carbonyl (C=O) groups excluding carboxylic acids is 1. The zero-order valence-corrected chi connectivity index (χ0v) is 12.6. The molecule has 0 unspecified atom stereocenters. The van der Waals surface area contributed by atoms with Crippen LogP contribution in [0.15, 0.2) is 12.7 Å². The fourth-order valence-electron chi connectivity index (χ4n) is 2.12. The summed E-state index contributed by atoms with van der Waals surface area (Å²) in [5, 5.41) is 0. The maximum atomic E-state index is 10.5. The molecule has 1 aliphatic carbocycles. The first-order valence-corrected chi connectivity index (χ1v) is 7.24. The van der Waals surface area contributed by atoms with Crippen LogP contribution in [0, 0.1) is 5.92 Å². The molecule has 0 heterocycles. The van der Waals surface area contributed by atoms with Crippen LogP contribution in [0.4, 0.5) is 0 Å². The Hall–Kier alpha value is -0.790. The smallest absolute Gasteiger partial charge is 0.330 e. The lowest BCUT2D eigenvalue weighted by Gasteiger charge is -2.17. The maximum absolute atomic E-state index is 10.5. The molecule has 0 aromatic carbocycles. The summed E-state index contributed by atoms with van der Waals surface area (Å²) in [6.07, 6.45) is 11.6. The summed E-state index contributed by atoms with van der Waals surface area (Å²) in [6.45, 7) is 11.0. The minimum absolute atomic E-state index is 0.373. The lowest BCUT2D eigenvalue weighted by atomic mass is 9.98. The van der Waals surface area contributed by atoms with Crippen LogP contribution < -0.4 is 0 Å². The van der Waals surface area contributed by atoms with E-state index in [4.69, 9.17) is 4.74 Å². The SMILES string of the molecule is C=CC(=O)OC(C)(C)C.CCC1CCCCCC1. The molecular formula is C16H30O2. The first-order chi connectivity index (χ1) is 8.39. The third-order valence-electron chi connectivity index (χ3n) is 3.13. The van der Waals surface area contributed by atoms with Crippen molar-refractivity contribution in [3.8, 4) is 0 Å². The van der Waals surface area contributed by atoms with E-state index < -0.39 is 5.60 Å². The number of hydrogen-bond acceptors (Lipinski definition) is 2. The molecule has 1 aliphatic rings. The summed E-state index contributed by atoms with van der Waals surface area (Å²) < 4.78 is 4.83. The van der Waals surface area contributed by atoms with Crippen molar-refractivity contribution in [3.63, 3.8) is 0 Å². The summed E-state index contributed by atoms with van der Waals surface area (Å²) in [5.74, 6) is 0.704. The normalized spacial score (nSPS) is 17.1. The van der Waals surface area contributed by atoms with E-state index in [1.165, 1.54) is 44.9 Å². The second-order valence-electron chi connectivity index (χ2n) is 6.00. The second-order valence-corrected chi connectivity index (χ2v) is 6.00. The Morgan fingerprint density at radius 1 is 1.22 bits per heavy atom. The third-order valence-corrected chi connectivity index (χ3v) is 3.13. The predicted molar refractivity (Wildman–Crippen MR) is 77.5 cm³/mol. The van der Waals surface area contributed by atoms with Gasteiger partial charge in [0.15, 0.2) is 0 Å². The molecule has 0 saturated heterocycles. The molecule has 0 atom stereocenters. The average Bonchev–Trinajstić information content (AvgIpc) is 2.55. The number of esters is 1. The second kappa shape index (κ2) is 9.18. The van der Waals surface area contributed by atoms with Gasteiger partial charge in [0.25, 0.3) is 0 Å². The van der Waals surface area contributed by atoms with Crippen molar-refractivity contribution < 1.29 is 9.53 Å². The van der Waals surface area contributed by atoms with Crippen LogP contribution in [0.25, 0.3) is 0 Å². The maximum Gasteiger partial charge on any atom is 0.330 e. The molecule has 1 saturated carbocycles. The van der Waals surface area contributed by atoms with Crippen molar-refractivity contribution in [2.45, 2.75) is 78.2 Å². The lowest BCUT2D eigenvalue weighted by molar-refractivity contribution is -0.148. The standard InChI is InChI=1S/C9H18.C7H12O2/c1-2-9-7-5-3-4-6-8-9;1-5-6(8)9-7(2,3)4/h9H,2-8H2,1H3;5H,1H2,2-4H3. The van der Waals surface area contributed by atoms with E-state index in [9.17, 15) is 4.79 Å². The molecular weight excluding hydrogens is 224 g/mol. The summed E-state index contributed by atoms with van der Waals surface area (Å²) >= 11 is 0. The van der Waals surface area contributed by atoms with Crippen molar-refractivity contribution in [2.24, 2.45) is 5.92 Å². The van der Waals surface area contributed by atoms with E-state index in [-0.39, 0.29) is 5.97 Å². The minimum Gasteiger partial charge on any atom is -0.457 e. The molecule has 2 nitrogen and oxygen atoms in total. The fraction of sp³-hybridized carbons (Fsp3) is 0.812. The summed E-state index contributed by atoms with van der Waals surface area (Å²) in [5.41, 5.74) is -0.398. The first-order valence-electron chi connectivity index (χ1n) is 7.24. The van der Waals surface area contributed by atoms with Crippen molar-refractivity contribution in [2.75, 3.05) is 0 Å². The molecule has 0 bridgehead atoms. The zero-order chi connectivity index (χ0) is 14.0. The van der Waals surface area contributed by atoms with Crippen LogP contribution in [0.3, 0.4) is 0 Å². The molecule has 0 radical (unpaired) electrons. The van der Waals surface area contributed by atoms with Crippen molar-refractivity contribution in [1.29, 1.82) is 0 Å². The van der Waals surface area contributed by atoms with Gasteiger partial charge >= 0.3 is 5.97 Å². The molecule has 1 fully saturated rings. The van der Waals surface area contributed by atoms with E-state index in [1.54, 1.807) is 0 Å². The van der Waals surface area contributed by atoms with Gasteiger partial charge in [0.2, 0.25) is 0 Å². The lowest BCUT2D eigenvalue weighted by Crippen LogP contribution is -2.22. The summed E-state index contributed by atoms with van der Waals surface area (Å²) in [7, 11) is 0. The molecule has 0 aromatic rings. The van der Waals surface area contributed by atoms with Gasteiger partial charge in [0, 0.05) is 6.08 Å². The highest BCUT2D eigenvalue weighted by Gasteiger charge is 2.12. The van der Waals surface area contributed by atoms with Crippen LogP contribution in [-0.4, -0.2) is 11.6 Å². The molecule has 0 N–H and O–H groups in total. The zero-order valence-electron chi connectivity index (χ0n) is 12.6. The van der Waals surface area contributed by atoms with Crippen LogP contribution >= 0.6 is 0 Å². The Morgan fingerprint density at radius 2 is 1.72 bits per heavy atom. The van der Waals surface area contributed by atoms with E-state index in [0.29, 0.717) is 0 Å². The van der Waals surface area contributed by atoms with Gasteiger partial charge in [0.05, 0.1) is 0 Å². The Morgan fingerprint density at radius 3 is 2.00 bits per heavy atom. The van der Waals surface area contributed by atoms with E-state index >= 15 is 0 Å². The number of hydrogen-bond donors (Lipinski definition) is 0. The molecule has 2 heteroatoms. The number of carbonyl (C=O) groups is 1. The van der Waals surface area contributed by atoms with Crippen LogP contribution in [-0.2, 0) is 9.53 Å². The fourth-order valence-corrected chi connectivity index (χ4v) is 2.12. The first kappa shape index (κ1) is 17.2. The highest BCUT2D eigenvalue weighted by atomic mass is 16.6. The molecule has 0 spiro atoms. The van der Waals surface area contributed by atoms with Gasteiger partial charge in [0.1, 0.15) is 5.60 Å². The predicted octanol–water partition coefficient (Wildman–Crippen LogP) is 4.88. The quantitative estimate of drug-likeness (QED) is 0.399. The highest BCUT2D eigenvalue weighted by Crippen LogP contribution is 2.24. The third kappa shape index (κ3) is 10.4. The van der Waals surface area contributed by atoms with Gasteiger partial charge in [-0.1, -0.05) is 58.4 Å². The number of rotatable bonds is 2. The molecule has 0 aliphatic heterocycles. The Labute approximate surface area is 113 Å². The van der Waals surface area contributed by atoms with Crippen molar-refractivity contribution in [3.05, 3.63) is 12.7 Å². The van der Waals surface area contributed by atoms with Crippen molar-refractivity contribution in [1.82, 2.24) is 0 Å². The molecule has 18 heavy (non-hydrogen) atoms. The van der Waals surface area contributed by atoms with Crippen LogP contribution in [0.5, 0.6) is 0 Å². The highest BCUT2D eigenvalue weighted by molar-refractivity contribution is 5.81. The molecule has 0 aromatic heterocycles. The Kier molecular flexibility index (Phi) is 8.78.